The highest BCUT2D eigenvalue weighted by molar-refractivity contribution is 6.04. The first-order chi connectivity index (χ1) is 14.7. The fourth-order valence-electron chi connectivity index (χ4n) is 2.91. The molecule has 1 aromatic carbocycles. The van der Waals surface area contributed by atoms with Crippen molar-refractivity contribution in [2.75, 3.05) is 13.2 Å². The van der Waals surface area contributed by atoms with E-state index >= 15 is 0 Å². The summed E-state index contributed by atoms with van der Waals surface area (Å²) in [4.78, 5) is 39.5. The monoisotopic (exact) mass is 434 g/mol. The highest BCUT2D eigenvalue weighted by Gasteiger charge is 2.44. The zero-order valence-corrected chi connectivity index (χ0v) is 18.3. The number of esters is 1. The van der Waals surface area contributed by atoms with E-state index in [1.165, 1.54) is 37.1 Å². The first-order valence-electron chi connectivity index (χ1n) is 10.2. The van der Waals surface area contributed by atoms with Crippen molar-refractivity contribution in [2.45, 2.75) is 46.5 Å². The Morgan fingerprint density at radius 1 is 1.06 bits per heavy atom. The molecule has 0 spiro atoms. The zero-order chi connectivity index (χ0) is 23.6. The molecule has 0 radical (unpaired) electrons. The molecule has 0 amide bonds. The van der Waals surface area contributed by atoms with Crippen LogP contribution in [0.3, 0.4) is 0 Å². The van der Waals surface area contributed by atoms with Crippen LogP contribution in [0.2, 0.25) is 0 Å². The van der Waals surface area contributed by atoms with Crippen LogP contribution in [0.5, 0.6) is 0 Å². The molecular weight excluding hydrogens is 404 g/mol. The van der Waals surface area contributed by atoms with Gasteiger partial charge in [-0.2, -0.15) is 4.99 Å². The smallest absolute Gasteiger partial charge is 0.338 e. The summed E-state index contributed by atoms with van der Waals surface area (Å²) in [5, 5.41) is 19.3. The van der Waals surface area contributed by atoms with Crippen molar-refractivity contribution in [3.63, 3.8) is 0 Å². The second-order valence-electron chi connectivity index (χ2n) is 6.63. The number of rotatable bonds is 7. The molecule has 9 heteroatoms. The van der Waals surface area contributed by atoms with E-state index in [-0.39, 0.29) is 41.6 Å². The summed E-state index contributed by atoms with van der Waals surface area (Å²) in [7, 11) is 0. The first-order valence-corrected chi connectivity index (χ1v) is 10.2. The van der Waals surface area contributed by atoms with Gasteiger partial charge in [0.2, 0.25) is 5.90 Å². The van der Waals surface area contributed by atoms with Gasteiger partial charge in [0.25, 0.3) is 0 Å². The maximum atomic E-state index is 12.0. The van der Waals surface area contributed by atoms with Gasteiger partial charge in [-0.25, -0.2) is 9.59 Å². The number of carboxylic acids is 2. The minimum absolute atomic E-state index is 0.133. The fraction of sp³-hybridized carbons (Fsp3) is 0.455. The predicted octanol–water partition coefficient (Wildman–Crippen LogP) is 3.16. The Balaban J connectivity index is 0.00000110. The van der Waals surface area contributed by atoms with Crippen LogP contribution in [-0.2, 0) is 19.1 Å². The molecule has 0 bridgehead atoms. The summed E-state index contributed by atoms with van der Waals surface area (Å²) in [5.41, 5.74) is 5.86. The third-order valence-electron chi connectivity index (χ3n) is 4.46. The summed E-state index contributed by atoms with van der Waals surface area (Å²) in [6, 6.07) is 5.92. The zero-order valence-electron chi connectivity index (χ0n) is 18.3. The van der Waals surface area contributed by atoms with Crippen molar-refractivity contribution < 1.29 is 34.1 Å². The molecule has 1 aliphatic rings. The van der Waals surface area contributed by atoms with E-state index in [0.717, 1.165) is 0 Å². The predicted molar refractivity (Wildman–Crippen MR) is 115 cm³/mol. The molecule has 1 aromatic rings. The van der Waals surface area contributed by atoms with Crippen molar-refractivity contribution in [1.29, 1.82) is 0 Å². The summed E-state index contributed by atoms with van der Waals surface area (Å²) < 4.78 is 10.2. The number of aliphatic imine (C=N–C) groups is 1. The van der Waals surface area contributed by atoms with Crippen LogP contribution in [0, 0.1) is 5.92 Å². The van der Waals surface area contributed by atoms with Gasteiger partial charge in [0.05, 0.1) is 24.4 Å². The van der Waals surface area contributed by atoms with E-state index in [2.05, 4.69) is 18.8 Å². The molecule has 2 rings (SSSR count). The Labute approximate surface area is 181 Å². The van der Waals surface area contributed by atoms with E-state index in [1.807, 2.05) is 0 Å². The third-order valence-corrected chi connectivity index (χ3v) is 4.46. The average molecular weight is 434 g/mol. The number of unbranched alkanes of at least 4 members (excludes halogenated alkanes) is 1. The Kier molecular flexibility index (Phi) is 10.2. The Bertz CT molecular complexity index is 859. The number of nitrogens with zero attached hydrogens (tertiary/aromatic N) is 1. The topological polar surface area (TPSA) is 149 Å². The molecule has 170 valence electrons. The fourth-order valence-corrected chi connectivity index (χ4v) is 2.91. The molecule has 0 aliphatic carbocycles. The molecule has 0 aromatic heterocycles. The van der Waals surface area contributed by atoms with Gasteiger partial charge in [-0.1, -0.05) is 38.8 Å². The molecule has 0 saturated carbocycles. The maximum absolute atomic E-state index is 12.0. The van der Waals surface area contributed by atoms with Gasteiger partial charge in [-0.05, 0) is 31.5 Å². The van der Waals surface area contributed by atoms with Crippen LogP contribution in [-0.4, -0.2) is 47.2 Å². The molecule has 4 N–H and O–H groups in total. The summed E-state index contributed by atoms with van der Waals surface area (Å²) >= 11 is 0. The van der Waals surface area contributed by atoms with Crippen LogP contribution in [0.4, 0.5) is 0 Å². The minimum Gasteiger partial charge on any atom is -0.481 e. The molecule has 9 nitrogen and oxygen atoms in total. The lowest BCUT2D eigenvalue weighted by Gasteiger charge is -2.29. The van der Waals surface area contributed by atoms with Crippen molar-refractivity contribution in [2.24, 2.45) is 16.6 Å². The number of ether oxygens (including phenoxy) is 2. The largest absolute Gasteiger partial charge is 0.481 e. The van der Waals surface area contributed by atoms with Crippen molar-refractivity contribution >= 4 is 23.8 Å². The SMILES string of the molecule is CCCC.CCOC(=O)c1cccc(C2C(C(=O)O)=C(N)N=C(OCC)C2C(=O)O)c1. The van der Waals surface area contributed by atoms with E-state index in [0.29, 0.717) is 0 Å². The van der Waals surface area contributed by atoms with Crippen molar-refractivity contribution in [3.8, 4) is 0 Å². The number of hydrogen-bond acceptors (Lipinski definition) is 7. The Morgan fingerprint density at radius 2 is 1.71 bits per heavy atom. The van der Waals surface area contributed by atoms with E-state index in [1.54, 1.807) is 13.8 Å². The molecule has 2 atom stereocenters. The lowest BCUT2D eigenvalue weighted by atomic mass is 9.78. The van der Waals surface area contributed by atoms with E-state index < -0.39 is 29.7 Å². The van der Waals surface area contributed by atoms with Crippen LogP contribution in [0.15, 0.2) is 40.7 Å². The van der Waals surface area contributed by atoms with Gasteiger partial charge in [-0.3, -0.25) is 4.79 Å². The second-order valence-corrected chi connectivity index (χ2v) is 6.63. The molecule has 1 heterocycles. The average Bonchev–Trinajstić information content (AvgIpc) is 2.73. The van der Waals surface area contributed by atoms with E-state index in [9.17, 15) is 24.6 Å². The van der Waals surface area contributed by atoms with Crippen LogP contribution in [0.1, 0.15) is 62.4 Å². The molecule has 2 unspecified atom stereocenters. The van der Waals surface area contributed by atoms with Gasteiger partial charge < -0.3 is 25.4 Å². The summed E-state index contributed by atoms with van der Waals surface area (Å²) in [6.45, 7) is 7.96. The highest BCUT2D eigenvalue weighted by atomic mass is 16.5. The van der Waals surface area contributed by atoms with Gasteiger partial charge >= 0.3 is 17.9 Å². The summed E-state index contributed by atoms with van der Waals surface area (Å²) in [5.74, 6) is -6.43. The standard InChI is InChI=1S/C18H20N2O7.C4H10/c1-3-26-15-13(17(23)24)11(12(16(21)22)14(19)20-15)9-6-5-7-10(8-9)18(25)27-4-2;1-3-4-2/h5-8,11,13H,3-4,19H2,1-2H3,(H,21,22)(H,23,24);3-4H2,1-2H3. The highest BCUT2D eigenvalue weighted by Crippen LogP contribution is 2.38. The quantitative estimate of drug-likeness (QED) is 0.554. The Hall–Kier alpha value is -3.36. The lowest BCUT2D eigenvalue weighted by Crippen LogP contribution is -2.38. The molecule has 0 fully saturated rings. The third kappa shape index (κ3) is 6.56. The van der Waals surface area contributed by atoms with E-state index in [4.69, 9.17) is 15.2 Å². The van der Waals surface area contributed by atoms with Gasteiger partial charge in [0.1, 0.15) is 11.7 Å². The number of hydrogen-bond donors (Lipinski definition) is 3. The molecule has 1 aliphatic heterocycles. The maximum Gasteiger partial charge on any atom is 0.338 e. The second kappa shape index (κ2) is 12.4. The number of carbonyl (C=O) groups is 3. The number of benzene rings is 1. The Morgan fingerprint density at radius 3 is 2.19 bits per heavy atom. The number of aliphatic carboxylic acids is 2. The lowest BCUT2D eigenvalue weighted by molar-refractivity contribution is -0.140. The number of nitrogens with two attached hydrogens (primary N) is 1. The van der Waals surface area contributed by atoms with Crippen LogP contribution < -0.4 is 5.73 Å². The summed E-state index contributed by atoms with van der Waals surface area (Å²) in [6.07, 6.45) is 2.64. The molecule has 0 saturated heterocycles. The van der Waals surface area contributed by atoms with Crippen molar-refractivity contribution in [3.05, 3.63) is 46.8 Å². The van der Waals surface area contributed by atoms with Gasteiger partial charge in [-0.15, -0.1) is 0 Å². The minimum atomic E-state index is -1.40. The van der Waals surface area contributed by atoms with Crippen LogP contribution in [0.25, 0.3) is 0 Å². The molecule has 31 heavy (non-hydrogen) atoms. The van der Waals surface area contributed by atoms with Gasteiger partial charge in [0.15, 0.2) is 0 Å². The molecular formula is C22H30N2O7. The first kappa shape index (κ1) is 25.7. The number of carboxylic acid groups (broad SMARTS) is 2. The van der Waals surface area contributed by atoms with Crippen molar-refractivity contribution in [1.82, 2.24) is 0 Å². The van der Waals surface area contributed by atoms with Gasteiger partial charge in [0, 0.05) is 5.92 Å². The number of carbonyl (C=O) groups excluding carboxylic acids is 1. The normalized spacial score (nSPS) is 17.7. The van der Waals surface area contributed by atoms with Crippen LogP contribution >= 0.6 is 0 Å².